The topological polar surface area (TPSA) is 84.5 Å². The first-order chi connectivity index (χ1) is 11.3. The molecule has 128 valence electrons. The van der Waals surface area contributed by atoms with Gasteiger partial charge in [-0.25, -0.2) is 8.42 Å². The molecule has 0 saturated carbocycles. The molecule has 0 aliphatic carbocycles. The number of amides is 1. The van der Waals surface area contributed by atoms with Crippen molar-refractivity contribution < 1.29 is 17.9 Å². The molecule has 24 heavy (non-hydrogen) atoms. The van der Waals surface area contributed by atoms with Crippen LogP contribution in [-0.4, -0.2) is 27.5 Å². The zero-order valence-corrected chi connectivity index (χ0v) is 14.7. The lowest BCUT2D eigenvalue weighted by molar-refractivity contribution is -0.117. The molecule has 0 radical (unpaired) electrons. The van der Waals surface area contributed by atoms with E-state index >= 15 is 0 Å². The van der Waals surface area contributed by atoms with Gasteiger partial charge in [0.05, 0.1) is 18.0 Å². The summed E-state index contributed by atoms with van der Waals surface area (Å²) in [5, 5.41) is 2.93. The van der Waals surface area contributed by atoms with Crippen molar-refractivity contribution in [3.05, 3.63) is 53.6 Å². The van der Waals surface area contributed by atoms with Gasteiger partial charge in [0.15, 0.2) is 0 Å². The fourth-order valence-corrected chi connectivity index (χ4v) is 3.42. The van der Waals surface area contributed by atoms with E-state index in [2.05, 4.69) is 10.0 Å². The molecule has 0 aliphatic heterocycles. The maximum absolute atomic E-state index is 12.3. The number of carbonyl (C=O) groups excluding carboxylic acids is 1. The first-order valence-corrected chi connectivity index (χ1v) is 8.91. The molecule has 2 aromatic carbocycles. The van der Waals surface area contributed by atoms with Gasteiger partial charge in [0, 0.05) is 10.7 Å². The van der Waals surface area contributed by atoms with E-state index in [1.807, 2.05) is 0 Å². The molecule has 1 amide bonds. The van der Waals surface area contributed by atoms with Gasteiger partial charge in [0.1, 0.15) is 5.75 Å². The third-order valence-corrected chi connectivity index (χ3v) is 4.96. The van der Waals surface area contributed by atoms with Crippen LogP contribution in [0.1, 0.15) is 6.92 Å². The molecule has 8 heteroatoms. The lowest BCUT2D eigenvalue weighted by Crippen LogP contribution is -2.41. The number of nitrogens with one attached hydrogen (secondary N) is 2. The highest BCUT2D eigenvalue weighted by atomic mass is 35.5. The second-order valence-electron chi connectivity index (χ2n) is 5.02. The summed E-state index contributed by atoms with van der Waals surface area (Å²) in [6, 6.07) is 11.6. The number of sulfonamides is 1. The largest absolute Gasteiger partial charge is 0.497 e. The molecule has 0 aliphatic rings. The normalized spacial score (nSPS) is 12.5. The predicted molar refractivity (Wildman–Crippen MR) is 92.9 cm³/mol. The van der Waals surface area contributed by atoms with Gasteiger partial charge in [0.2, 0.25) is 15.9 Å². The van der Waals surface area contributed by atoms with E-state index in [9.17, 15) is 13.2 Å². The molecule has 2 aromatic rings. The van der Waals surface area contributed by atoms with E-state index in [0.29, 0.717) is 16.5 Å². The van der Waals surface area contributed by atoms with Crippen LogP contribution < -0.4 is 14.8 Å². The Labute approximate surface area is 145 Å². The van der Waals surface area contributed by atoms with E-state index in [1.54, 1.807) is 37.4 Å². The van der Waals surface area contributed by atoms with Crippen LogP contribution >= 0.6 is 11.6 Å². The Morgan fingerprint density at radius 2 is 1.83 bits per heavy atom. The maximum atomic E-state index is 12.3. The van der Waals surface area contributed by atoms with Crippen LogP contribution in [0.3, 0.4) is 0 Å². The average molecular weight is 369 g/mol. The summed E-state index contributed by atoms with van der Waals surface area (Å²) in [4.78, 5) is 12.1. The minimum Gasteiger partial charge on any atom is -0.497 e. The molecule has 0 heterocycles. The number of halogens is 1. The van der Waals surface area contributed by atoms with Gasteiger partial charge >= 0.3 is 0 Å². The summed E-state index contributed by atoms with van der Waals surface area (Å²) < 4.78 is 31.9. The summed E-state index contributed by atoms with van der Waals surface area (Å²) in [7, 11) is -2.30. The minimum absolute atomic E-state index is 0.000836. The Kier molecular flexibility index (Phi) is 5.82. The molecular formula is C16H17ClN2O4S. The number of methoxy groups -OCH3 is 1. The van der Waals surface area contributed by atoms with E-state index in [-0.39, 0.29) is 4.90 Å². The number of hydrogen-bond acceptors (Lipinski definition) is 4. The molecule has 1 unspecified atom stereocenters. The van der Waals surface area contributed by atoms with Crippen LogP contribution in [0.25, 0.3) is 0 Å². The third-order valence-electron chi connectivity index (χ3n) is 3.19. The van der Waals surface area contributed by atoms with Crippen LogP contribution in [0.4, 0.5) is 5.69 Å². The average Bonchev–Trinajstić information content (AvgIpc) is 2.55. The zero-order valence-electron chi connectivity index (χ0n) is 13.1. The summed E-state index contributed by atoms with van der Waals surface area (Å²) in [6.07, 6.45) is 0. The quantitative estimate of drug-likeness (QED) is 0.820. The highest BCUT2D eigenvalue weighted by molar-refractivity contribution is 7.89. The Morgan fingerprint density at radius 3 is 2.42 bits per heavy atom. The monoisotopic (exact) mass is 368 g/mol. The predicted octanol–water partition coefficient (Wildman–Crippen LogP) is 2.65. The van der Waals surface area contributed by atoms with Crippen molar-refractivity contribution >= 4 is 33.2 Å². The zero-order chi connectivity index (χ0) is 17.7. The van der Waals surface area contributed by atoms with Crippen LogP contribution in [0.5, 0.6) is 5.75 Å². The second kappa shape index (κ2) is 7.65. The van der Waals surface area contributed by atoms with Crippen molar-refractivity contribution in [3.8, 4) is 5.75 Å². The standard InChI is InChI=1S/C16H17ClN2O4S/c1-11(16(20)18-13-6-8-14(23-2)9-7-13)19-24(21,22)15-5-3-4-12(17)10-15/h3-11,19H,1-2H3,(H,18,20). The Bertz CT molecular complexity index is 822. The highest BCUT2D eigenvalue weighted by Crippen LogP contribution is 2.17. The van der Waals surface area contributed by atoms with Crippen molar-refractivity contribution in [1.29, 1.82) is 0 Å². The highest BCUT2D eigenvalue weighted by Gasteiger charge is 2.22. The summed E-state index contributed by atoms with van der Waals surface area (Å²) in [6.45, 7) is 1.46. The lowest BCUT2D eigenvalue weighted by Gasteiger charge is -2.15. The Balaban J connectivity index is 2.04. The molecule has 6 nitrogen and oxygen atoms in total. The molecular weight excluding hydrogens is 352 g/mol. The van der Waals surface area contributed by atoms with Crippen molar-refractivity contribution in [2.24, 2.45) is 0 Å². The first-order valence-electron chi connectivity index (χ1n) is 7.04. The first kappa shape index (κ1) is 18.3. The van der Waals surface area contributed by atoms with E-state index < -0.39 is 22.0 Å². The van der Waals surface area contributed by atoms with Crippen molar-refractivity contribution in [2.75, 3.05) is 12.4 Å². The smallest absolute Gasteiger partial charge is 0.242 e. The van der Waals surface area contributed by atoms with Crippen molar-refractivity contribution in [2.45, 2.75) is 17.9 Å². The van der Waals surface area contributed by atoms with Gasteiger partial charge < -0.3 is 10.1 Å². The molecule has 0 spiro atoms. The van der Waals surface area contributed by atoms with Gasteiger partial charge in [-0.1, -0.05) is 17.7 Å². The van der Waals surface area contributed by atoms with E-state index in [0.717, 1.165) is 0 Å². The number of hydrogen-bond donors (Lipinski definition) is 2. The van der Waals surface area contributed by atoms with Crippen LogP contribution in [0.15, 0.2) is 53.4 Å². The van der Waals surface area contributed by atoms with Crippen molar-refractivity contribution in [1.82, 2.24) is 4.72 Å². The molecule has 0 bridgehead atoms. The summed E-state index contributed by atoms with van der Waals surface area (Å²) in [5.41, 5.74) is 0.537. The fourth-order valence-electron chi connectivity index (χ4n) is 1.91. The molecule has 0 aromatic heterocycles. The van der Waals surface area contributed by atoms with Crippen LogP contribution in [0, 0.1) is 0 Å². The van der Waals surface area contributed by atoms with Gasteiger partial charge in [-0.3, -0.25) is 4.79 Å². The molecule has 0 saturated heterocycles. The van der Waals surface area contributed by atoms with E-state index in [4.69, 9.17) is 16.3 Å². The lowest BCUT2D eigenvalue weighted by atomic mass is 10.2. The number of ether oxygens (including phenoxy) is 1. The molecule has 2 N–H and O–H groups in total. The fraction of sp³-hybridized carbons (Fsp3) is 0.188. The molecule has 1 atom stereocenters. The second-order valence-corrected chi connectivity index (χ2v) is 7.17. The number of benzene rings is 2. The van der Waals surface area contributed by atoms with Gasteiger partial charge in [0.25, 0.3) is 0 Å². The number of rotatable bonds is 6. The van der Waals surface area contributed by atoms with E-state index in [1.165, 1.54) is 25.1 Å². The number of anilines is 1. The minimum atomic E-state index is -3.85. The van der Waals surface area contributed by atoms with Crippen LogP contribution in [-0.2, 0) is 14.8 Å². The Morgan fingerprint density at radius 1 is 1.17 bits per heavy atom. The van der Waals surface area contributed by atoms with Crippen LogP contribution in [0.2, 0.25) is 5.02 Å². The van der Waals surface area contributed by atoms with Gasteiger partial charge in [-0.2, -0.15) is 4.72 Å². The molecule has 2 rings (SSSR count). The molecule has 0 fully saturated rings. The summed E-state index contributed by atoms with van der Waals surface area (Å²) >= 11 is 5.80. The van der Waals surface area contributed by atoms with Crippen molar-refractivity contribution in [3.63, 3.8) is 0 Å². The third kappa shape index (κ3) is 4.70. The number of carbonyl (C=O) groups is 1. The van der Waals surface area contributed by atoms with Gasteiger partial charge in [-0.15, -0.1) is 0 Å². The SMILES string of the molecule is COc1ccc(NC(=O)C(C)NS(=O)(=O)c2cccc(Cl)c2)cc1. The Hall–Kier alpha value is -2.09. The summed E-state index contributed by atoms with van der Waals surface area (Å²) in [5.74, 6) is 0.175. The maximum Gasteiger partial charge on any atom is 0.242 e. The van der Waals surface area contributed by atoms with Gasteiger partial charge in [-0.05, 0) is 49.4 Å².